The lowest BCUT2D eigenvalue weighted by Gasteiger charge is -2.37. The highest BCUT2D eigenvalue weighted by molar-refractivity contribution is 7.10. The largest absolute Gasteiger partial charge is 0.491 e. The van der Waals surface area contributed by atoms with Gasteiger partial charge in [0.2, 0.25) is 11.8 Å². The van der Waals surface area contributed by atoms with Crippen molar-refractivity contribution in [1.29, 1.82) is 0 Å². The van der Waals surface area contributed by atoms with Crippen molar-refractivity contribution in [2.45, 2.75) is 45.3 Å². The highest BCUT2D eigenvalue weighted by Crippen LogP contribution is 2.34. The Morgan fingerprint density at radius 1 is 1.26 bits per heavy atom. The molecule has 7 nitrogen and oxygen atoms in total. The molecular formula is C26H34N2O5S. The van der Waals surface area contributed by atoms with E-state index < -0.39 is 0 Å². The molecule has 4 rings (SSSR count). The second kappa shape index (κ2) is 11.3. The van der Waals surface area contributed by atoms with Crippen LogP contribution in [0.4, 0.5) is 0 Å². The summed E-state index contributed by atoms with van der Waals surface area (Å²) in [6, 6.07) is 8.02. The smallest absolute Gasteiger partial charge is 0.249 e. The summed E-state index contributed by atoms with van der Waals surface area (Å²) in [5, 5.41) is 2.08. The molecule has 1 saturated heterocycles. The van der Waals surface area contributed by atoms with Gasteiger partial charge < -0.3 is 24.0 Å². The fourth-order valence-corrected chi connectivity index (χ4v) is 5.69. The van der Waals surface area contributed by atoms with E-state index in [-0.39, 0.29) is 37.1 Å². The summed E-state index contributed by atoms with van der Waals surface area (Å²) >= 11 is 1.73. The van der Waals surface area contributed by atoms with Gasteiger partial charge in [-0.1, -0.05) is 17.7 Å². The fourth-order valence-electron chi connectivity index (χ4n) is 4.76. The van der Waals surface area contributed by atoms with Gasteiger partial charge in [0.05, 0.1) is 18.7 Å². The van der Waals surface area contributed by atoms with Gasteiger partial charge in [-0.2, -0.15) is 0 Å². The number of aryl methyl sites for hydroxylation is 2. The molecule has 3 heterocycles. The zero-order chi connectivity index (χ0) is 24.1. The van der Waals surface area contributed by atoms with E-state index in [0.29, 0.717) is 26.3 Å². The molecule has 0 saturated carbocycles. The van der Waals surface area contributed by atoms with Crippen molar-refractivity contribution in [1.82, 2.24) is 9.80 Å². The van der Waals surface area contributed by atoms with Crippen LogP contribution in [0.25, 0.3) is 0 Å². The van der Waals surface area contributed by atoms with Gasteiger partial charge >= 0.3 is 0 Å². The van der Waals surface area contributed by atoms with E-state index in [2.05, 4.69) is 24.4 Å². The lowest BCUT2D eigenvalue weighted by molar-refractivity contribution is -0.145. The molecule has 0 radical (unpaired) electrons. The maximum atomic E-state index is 13.6. The third kappa shape index (κ3) is 5.79. The van der Waals surface area contributed by atoms with Crippen molar-refractivity contribution < 1.29 is 23.8 Å². The van der Waals surface area contributed by atoms with Crippen molar-refractivity contribution in [2.24, 2.45) is 0 Å². The molecule has 0 spiro atoms. The zero-order valence-corrected chi connectivity index (χ0v) is 21.1. The number of carbonyl (C=O) groups is 2. The van der Waals surface area contributed by atoms with E-state index >= 15 is 0 Å². The first-order valence-corrected chi connectivity index (χ1v) is 12.8. The van der Waals surface area contributed by atoms with Crippen LogP contribution in [-0.2, 0) is 25.5 Å². The summed E-state index contributed by atoms with van der Waals surface area (Å²) < 4.78 is 17.0. The molecule has 2 aliphatic rings. The number of fused-ring (bicyclic) bond motifs is 1. The van der Waals surface area contributed by atoms with E-state index in [1.54, 1.807) is 16.2 Å². The van der Waals surface area contributed by atoms with Gasteiger partial charge in [0.15, 0.2) is 0 Å². The number of rotatable bonds is 9. The number of hydrogen-bond donors (Lipinski definition) is 0. The molecular weight excluding hydrogens is 452 g/mol. The predicted molar refractivity (Wildman–Crippen MR) is 131 cm³/mol. The van der Waals surface area contributed by atoms with Gasteiger partial charge in [-0.25, -0.2) is 0 Å². The van der Waals surface area contributed by atoms with Gasteiger partial charge in [-0.15, -0.1) is 11.3 Å². The second-order valence-electron chi connectivity index (χ2n) is 9.07. The molecule has 2 atom stereocenters. The normalized spacial score (nSPS) is 19.7. The van der Waals surface area contributed by atoms with E-state index in [1.807, 2.05) is 24.0 Å². The van der Waals surface area contributed by atoms with E-state index in [1.165, 1.54) is 17.6 Å². The van der Waals surface area contributed by atoms with Gasteiger partial charge in [-0.05, 0) is 61.7 Å². The number of methoxy groups -OCH3 is 1. The Bertz CT molecular complexity index is 1000. The first-order valence-electron chi connectivity index (χ1n) is 11.9. The van der Waals surface area contributed by atoms with Gasteiger partial charge in [0.25, 0.3) is 0 Å². The van der Waals surface area contributed by atoms with Crippen LogP contribution >= 0.6 is 11.3 Å². The summed E-state index contributed by atoms with van der Waals surface area (Å²) in [4.78, 5) is 31.0. The summed E-state index contributed by atoms with van der Waals surface area (Å²) in [6.45, 7) is 6.16. The van der Waals surface area contributed by atoms with Crippen LogP contribution in [0.15, 0.2) is 29.6 Å². The Morgan fingerprint density at radius 2 is 2.12 bits per heavy atom. The Morgan fingerprint density at radius 3 is 2.85 bits per heavy atom. The van der Waals surface area contributed by atoms with E-state index in [4.69, 9.17) is 14.2 Å². The Labute approximate surface area is 205 Å². The van der Waals surface area contributed by atoms with Crippen LogP contribution in [0.1, 0.15) is 40.5 Å². The highest BCUT2D eigenvalue weighted by Gasteiger charge is 2.34. The minimum Gasteiger partial charge on any atom is -0.491 e. The SMILES string of the molecule is COCC(=O)N(CC(=O)N1CCc2sccc2C1COc1ccc(C)cc1C)CC1CCCO1. The summed E-state index contributed by atoms with van der Waals surface area (Å²) in [5.41, 5.74) is 3.40. The summed E-state index contributed by atoms with van der Waals surface area (Å²) in [5.74, 6) is 0.562. The molecule has 8 heteroatoms. The maximum absolute atomic E-state index is 13.6. The lowest BCUT2D eigenvalue weighted by Crippen LogP contribution is -2.49. The Balaban J connectivity index is 1.49. The number of thiophene rings is 1. The van der Waals surface area contributed by atoms with Gasteiger partial charge in [-0.3, -0.25) is 9.59 Å². The third-order valence-electron chi connectivity index (χ3n) is 6.54. The summed E-state index contributed by atoms with van der Waals surface area (Å²) in [6.07, 6.45) is 2.67. The third-order valence-corrected chi connectivity index (χ3v) is 7.53. The molecule has 2 unspecified atom stereocenters. The van der Waals surface area contributed by atoms with Crippen molar-refractivity contribution in [3.05, 3.63) is 51.2 Å². The van der Waals surface area contributed by atoms with Crippen LogP contribution in [0.2, 0.25) is 0 Å². The van der Waals surface area contributed by atoms with Crippen LogP contribution in [0.5, 0.6) is 5.75 Å². The average molecular weight is 487 g/mol. The first kappa shape index (κ1) is 24.7. The first-order chi connectivity index (χ1) is 16.5. The van der Waals surface area contributed by atoms with Crippen molar-refractivity contribution in [3.63, 3.8) is 0 Å². The monoisotopic (exact) mass is 486 g/mol. The number of hydrogen-bond acceptors (Lipinski definition) is 6. The lowest BCUT2D eigenvalue weighted by atomic mass is 10.00. The summed E-state index contributed by atoms with van der Waals surface area (Å²) in [7, 11) is 1.49. The standard InChI is InChI=1S/C26H34N2O5S/c1-18-6-7-23(19(2)13-18)33-16-22-21-9-12-34-24(21)8-10-28(22)25(29)15-27(26(30)17-31-3)14-20-5-4-11-32-20/h6-7,9,12-13,20,22H,4-5,8,10-11,14-17H2,1-3H3. The predicted octanol–water partition coefficient (Wildman–Crippen LogP) is 3.52. The molecule has 0 N–H and O–H groups in total. The molecule has 1 aromatic carbocycles. The van der Waals surface area contributed by atoms with E-state index in [9.17, 15) is 9.59 Å². The molecule has 2 amide bonds. The van der Waals surface area contributed by atoms with E-state index in [0.717, 1.165) is 36.1 Å². The topological polar surface area (TPSA) is 68.3 Å². The van der Waals surface area contributed by atoms with Crippen molar-refractivity contribution in [3.8, 4) is 5.75 Å². The molecule has 2 aliphatic heterocycles. The Kier molecular flexibility index (Phi) is 8.24. The molecule has 34 heavy (non-hydrogen) atoms. The highest BCUT2D eigenvalue weighted by atomic mass is 32.1. The number of carbonyl (C=O) groups excluding carboxylic acids is 2. The minimum atomic E-state index is -0.192. The molecule has 1 aromatic heterocycles. The average Bonchev–Trinajstić information content (AvgIpc) is 3.50. The molecule has 0 aliphatic carbocycles. The van der Waals surface area contributed by atoms with Crippen molar-refractivity contribution >= 4 is 23.2 Å². The fraction of sp³-hybridized carbons (Fsp3) is 0.538. The molecule has 184 valence electrons. The van der Waals surface area contributed by atoms with Crippen LogP contribution < -0.4 is 4.74 Å². The maximum Gasteiger partial charge on any atom is 0.249 e. The quantitative estimate of drug-likeness (QED) is 0.543. The number of ether oxygens (including phenoxy) is 3. The minimum absolute atomic E-state index is 0.0155. The van der Waals surface area contributed by atoms with Crippen LogP contribution in [0, 0.1) is 13.8 Å². The number of benzene rings is 1. The zero-order valence-electron chi connectivity index (χ0n) is 20.2. The second-order valence-corrected chi connectivity index (χ2v) is 10.1. The molecule has 1 fully saturated rings. The van der Waals surface area contributed by atoms with Crippen LogP contribution in [0.3, 0.4) is 0 Å². The van der Waals surface area contributed by atoms with Gasteiger partial charge in [0, 0.05) is 31.7 Å². The Hall–Kier alpha value is -2.42. The van der Waals surface area contributed by atoms with Crippen molar-refractivity contribution in [2.75, 3.05) is 46.6 Å². The number of nitrogens with zero attached hydrogens (tertiary/aromatic N) is 2. The molecule has 2 aromatic rings. The number of amides is 2. The molecule has 0 bridgehead atoms. The van der Waals surface area contributed by atoms with Crippen LogP contribution in [-0.4, -0.2) is 74.3 Å². The van der Waals surface area contributed by atoms with Gasteiger partial charge in [0.1, 0.15) is 19.0 Å².